The first-order valence-electron chi connectivity index (χ1n) is 10.00. The van der Waals surface area contributed by atoms with Crippen molar-refractivity contribution in [3.63, 3.8) is 0 Å². The maximum atomic E-state index is 13.0. The highest BCUT2D eigenvalue weighted by atomic mass is 16.5. The number of rotatable bonds is 6. The third-order valence-corrected chi connectivity index (χ3v) is 6.54. The van der Waals surface area contributed by atoms with Crippen molar-refractivity contribution in [1.29, 1.82) is 0 Å². The van der Waals surface area contributed by atoms with E-state index in [2.05, 4.69) is 36.6 Å². The Labute approximate surface area is 165 Å². The lowest BCUT2D eigenvalue weighted by Crippen LogP contribution is -2.51. The van der Waals surface area contributed by atoms with Crippen LogP contribution in [0.15, 0.2) is 10.6 Å². The molecule has 0 unspecified atom stereocenters. The second kappa shape index (κ2) is 7.56. The molecule has 8 nitrogen and oxygen atoms in total. The minimum Gasteiger partial charge on any atom is -0.359 e. The summed E-state index contributed by atoms with van der Waals surface area (Å²) in [5, 5.41) is 9.28. The number of nitrogens with one attached hydrogen (secondary N) is 2. The number of hydrogen-bond acceptors (Lipinski definition) is 5. The van der Waals surface area contributed by atoms with Crippen molar-refractivity contribution in [3.05, 3.63) is 17.5 Å². The topological polar surface area (TPSA) is 105 Å². The Kier molecular flexibility index (Phi) is 5.50. The van der Waals surface area contributed by atoms with E-state index in [4.69, 9.17) is 4.52 Å². The molecule has 1 saturated heterocycles. The van der Waals surface area contributed by atoms with Crippen molar-refractivity contribution in [2.75, 3.05) is 6.54 Å². The summed E-state index contributed by atoms with van der Waals surface area (Å²) in [6, 6.07) is 1.24. The molecule has 1 spiro atoms. The summed E-state index contributed by atoms with van der Waals surface area (Å²) in [5.41, 5.74) is 0.105. The van der Waals surface area contributed by atoms with Gasteiger partial charge in [-0.05, 0) is 43.9 Å². The SMILES string of the molecule is CCC(C)(C)C1CCC2(CC1)NC(=O)N(CC(=O)NCc1cc(C)no1)C2=O. The lowest BCUT2D eigenvalue weighted by atomic mass is 9.65. The van der Waals surface area contributed by atoms with Gasteiger partial charge in [-0.1, -0.05) is 32.3 Å². The van der Waals surface area contributed by atoms with Crippen molar-refractivity contribution in [2.24, 2.45) is 11.3 Å². The van der Waals surface area contributed by atoms with Gasteiger partial charge in [0.1, 0.15) is 12.1 Å². The quantitative estimate of drug-likeness (QED) is 0.726. The lowest BCUT2D eigenvalue weighted by molar-refractivity contribution is -0.136. The predicted octanol–water partition coefficient (Wildman–Crippen LogP) is 2.52. The molecule has 0 radical (unpaired) electrons. The summed E-state index contributed by atoms with van der Waals surface area (Å²) >= 11 is 0. The van der Waals surface area contributed by atoms with Crippen LogP contribution in [0.1, 0.15) is 64.3 Å². The van der Waals surface area contributed by atoms with Gasteiger partial charge in [-0.15, -0.1) is 0 Å². The fourth-order valence-corrected chi connectivity index (χ4v) is 4.22. The number of imide groups is 1. The minimum absolute atomic E-state index is 0.169. The van der Waals surface area contributed by atoms with E-state index in [9.17, 15) is 14.4 Å². The molecule has 1 saturated carbocycles. The first kappa shape index (κ1) is 20.4. The Morgan fingerprint density at radius 2 is 2.07 bits per heavy atom. The summed E-state index contributed by atoms with van der Waals surface area (Å²) in [7, 11) is 0. The highest BCUT2D eigenvalue weighted by molar-refractivity contribution is 6.09. The van der Waals surface area contributed by atoms with Gasteiger partial charge in [-0.3, -0.25) is 14.5 Å². The molecule has 0 aromatic carbocycles. The van der Waals surface area contributed by atoms with Crippen molar-refractivity contribution >= 4 is 17.8 Å². The van der Waals surface area contributed by atoms with Gasteiger partial charge < -0.3 is 15.2 Å². The minimum atomic E-state index is -0.847. The van der Waals surface area contributed by atoms with Crippen molar-refractivity contribution in [2.45, 2.75) is 71.9 Å². The Bertz CT molecular complexity index is 762. The molecule has 28 heavy (non-hydrogen) atoms. The smallest absolute Gasteiger partial charge is 0.325 e. The van der Waals surface area contributed by atoms with Gasteiger partial charge in [0, 0.05) is 6.07 Å². The zero-order valence-electron chi connectivity index (χ0n) is 17.1. The molecule has 0 atom stereocenters. The Balaban J connectivity index is 1.57. The Morgan fingerprint density at radius 3 is 2.64 bits per heavy atom. The summed E-state index contributed by atoms with van der Waals surface area (Å²) in [6.07, 6.45) is 4.14. The Morgan fingerprint density at radius 1 is 1.39 bits per heavy atom. The van der Waals surface area contributed by atoms with Gasteiger partial charge in [0.2, 0.25) is 5.91 Å². The molecule has 1 aromatic rings. The van der Waals surface area contributed by atoms with E-state index < -0.39 is 17.5 Å². The summed E-state index contributed by atoms with van der Waals surface area (Å²) in [5.74, 6) is 0.373. The van der Waals surface area contributed by atoms with E-state index >= 15 is 0 Å². The second-order valence-electron chi connectivity index (χ2n) is 8.73. The number of carbonyl (C=O) groups is 3. The van der Waals surface area contributed by atoms with Gasteiger partial charge in [-0.25, -0.2) is 4.79 Å². The first-order chi connectivity index (χ1) is 13.2. The number of carbonyl (C=O) groups excluding carboxylic acids is 3. The number of urea groups is 1. The largest absolute Gasteiger partial charge is 0.359 e. The van der Waals surface area contributed by atoms with Crippen LogP contribution >= 0.6 is 0 Å². The van der Waals surface area contributed by atoms with E-state index in [1.807, 2.05) is 0 Å². The van der Waals surface area contributed by atoms with E-state index in [0.717, 1.165) is 29.9 Å². The van der Waals surface area contributed by atoms with E-state index in [-0.39, 0.29) is 24.4 Å². The van der Waals surface area contributed by atoms with Crippen LogP contribution in [-0.2, 0) is 16.1 Å². The highest BCUT2D eigenvalue weighted by Crippen LogP contribution is 2.45. The van der Waals surface area contributed by atoms with E-state index in [1.54, 1.807) is 13.0 Å². The summed E-state index contributed by atoms with van der Waals surface area (Å²) in [4.78, 5) is 38.6. The molecule has 2 aliphatic rings. The highest BCUT2D eigenvalue weighted by Gasteiger charge is 2.53. The predicted molar refractivity (Wildman–Crippen MR) is 102 cm³/mol. The van der Waals surface area contributed by atoms with E-state index in [1.165, 1.54) is 0 Å². The van der Waals surface area contributed by atoms with Crippen LogP contribution in [-0.4, -0.2) is 40.0 Å². The fraction of sp³-hybridized carbons (Fsp3) is 0.700. The van der Waals surface area contributed by atoms with Crippen molar-refractivity contribution in [3.8, 4) is 0 Å². The van der Waals surface area contributed by atoms with Crippen LogP contribution in [0.3, 0.4) is 0 Å². The van der Waals surface area contributed by atoms with Crippen LogP contribution in [0, 0.1) is 18.3 Å². The number of aryl methyl sites for hydroxylation is 1. The second-order valence-corrected chi connectivity index (χ2v) is 8.73. The van der Waals surface area contributed by atoms with Crippen molar-refractivity contribution < 1.29 is 18.9 Å². The number of amides is 4. The van der Waals surface area contributed by atoms with Gasteiger partial charge in [-0.2, -0.15) is 0 Å². The molecular formula is C20H30N4O4. The van der Waals surface area contributed by atoms with E-state index in [0.29, 0.717) is 24.5 Å². The molecular weight excluding hydrogens is 360 g/mol. The average molecular weight is 390 g/mol. The third kappa shape index (κ3) is 3.91. The molecule has 8 heteroatoms. The number of aromatic nitrogens is 1. The zero-order valence-corrected chi connectivity index (χ0v) is 17.1. The fourth-order valence-electron chi connectivity index (χ4n) is 4.22. The molecule has 0 bridgehead atoms. The van der Waals surface area contributed by atoms with Crippen LogP contribution in [0.5, 0.6) is 0 Å². The molecule has 1 aromatic heterocycles. The summed E-state index contributed by atoms with van der Waals surface area (Å²) < 4.78 is 5.04. The molecule has 2 heterocycles. The maximum Gasteiger partial charge on any atom is 0.325 e. The first-order valence-corrected chi connectivity index (χ1v) is 10.00. The summed E-state index contributed by atoms with van der Waals surface area (Å²) in [6.45, 7) is 8.38. The average Bonchev–Trinajstić information content (AvgIpc) is 3.17. The maximum absolute atomic E-state index is 13.0. The molecule has 3 rings (SSSR count). The standard InChI is InChI=1S/C20H30N4O4/c1-5-19(3,4)14-6-8-20(9-7-14)17(26)24(18(27)22-20)12-16(25)21-11-15-10-13(2)23-28-15/h10,14H,5-9,11-12H2,1-4H3,(H,21,25)(H,22,27). The molecule has 4 amide bonds. The van der Waals surface area contributed by atoms with Gasteiger partial charge in [0.25, 0.3) is 5.91 Å². The zero-order chi connectivity index (χ0) is 20.5. The molecule has 154 valence electrons. The van der Waals surface area contributed by atoms with Crippen LogP contribution < -0.4 is 10.6 Å². The van der Waals surface area contributed by atoms with Crippen LogP contribution in [0.4, 0.5) is 4.79 Å². The lowest BCUT2D eigenvalue weighted by Gasteiger charge is -2.42. The van der Waals surface area contributed by atoms with Crippen molar-refractivity contribution in [1.82, 2.24) is 20.7 Å². The molecule has 1 aliphatic heterocycles. The van der Waals surface area contributed by atoms with Gasteiger partial charge in [0.05, 0.1) is 12.2 Å². The molecule has 1 aliphatic carbocycles. The monoisotopic (exact) mass is 390 g/mol. The molecule has 2 fully saturated rings. The van der Waals surface area contributed by atoms with Gasteiger partial charge >= 0.3 is 6.03 Å². The van der Waals surface area contributed by atoms with Crippen LogP contribution in [0.2, 0.25) is 0 Å². The Hall–Kier alpha value is -2.38. The number of nitrogens with zero attached hydrogens (tertiary/aromatic N) is 2. The third-order valence-electron chi connectivity index (χ3n) is 6.54. The van der Waals surface area contributed by atoms with Gasteiger partial charge in [0.15, 0.2) is 5.76 Å². The van der Waals surface area contributed by atoms with Crippen LogP contribution in [0.25, 0.3) is 0 Å². The number of hydrogen-bond donors (Lipinski definition) is 2. The normalized spacial score (nSPS) is 25.3. The molecule has 2 N–H and O–H groups in total.